The molecule has 3 N–H and O–H groups in total. The number of rotatable bonds is 5. The molecule has 0 saturated carbocycles. The van der Waals surface area contributed by atoms with Crippen LogP contribution >= 0.6 is 23.2 Å². The number of carbonyl (C=O) groups excluding carboxylic acids is 1. The highest BCUT2D eigenvalue weighted by molar-refractivity contribution is 7.89. The first kappa shape index (κ1) is 18.2. The van der Waals surface area contributed by atoms with E-state index in [2.05, 4.69) is 5.32 Å². The topological polar surface area (TPSA) is 89.3 Å². The molecule has 1 unspecified atom stereocenters. The zero-order valence-electron chi connectivity index (χ0n) is 12.0. The molecule has 1 rings (SSSR count). The molecule has 8 heteroatoms. The van der Waals surface area contributed by atoms with E-state index in [0.717, 1.165) is 12.5 Å². The Balaban J connectivity index is 3.25. The summed E-state index contributed by atoms with van der Waals surface area (Å²) in [5.74, 6) is -0.248. The van der Waals surface area contributed by atoms with E-state index >= 15 is 0 Å². The Bertz CT molecular complexity index is 645. The summed E-state index contributed by atoms with van der Waals surface area (Å²) in [5.41, 5.74) is -0.00714. The third-order valence-electron chi connectivity index (χ3n) is 3.12. The molecule has 0 heterocycles. The van der Waals surface area contributed by atoms with E-state index in [9.17, 15) is 13.2 Å². The van der Waals surface area contributed by atoms with Crippen molar-refractivity contribution in [1.29, 1.82) is 0 Å². The second-order valence-corrected chi connectivity index (χ2v) is 7.39. The SMILES string of the molecule is CCC(NC(=O)c1cc(Cl)cc(S(N)(=O)=O)c1Cl)C(C)C. The van der Waals surface area contributed by atoms with Gasteiger partial charge in [-0.1, -0.05) is 44.0 Å². The maximum absolute atomic E-state index is 12.3. The Kier molecular flexibility index (Phi) is 6.04. The molecule has 1 atom stereocenters. The molecule has 0 aliphatic carbocycles. The molecule has 0 spiro atoms. The minimum atomic E-state index is -4.06. The fraction of sp³-hybridized carbons (Fsp3) is 0.462. The number of hydrogen-bond donors (Lipinski definition) is 2. The van der Waals surface area contributed by atoms with Crippen molar-refractivity contribution in [2.24, 2.45) is 11.1 Å². The minimum Gasteiger partial charge on any atom is -0.349 e. The van der Waals surface area contributed by atoms with E-state index in [0.29, 0.717) is 0 Å². The van der Waals surface area contributed by atoms with Crippen molar-refractivity contribution in [2.75, 3.05) is 0 Å². The van der Waals surface area contributed by atoms with E-state index in [1.165, 1.54) is 6.07 Å². The number of benzene rings is 1. The largest absolute Gasteiger partial charge is 0.349 e. The van der Waals surface area contributed by atoms with Crippen LogP contribution in [0.2, 0.25) is 10.0 Å². The van der Waals surface area contributed by atoms with Gasteiger partial charge >= 0.3 is 0 Å². The first-order chi connectivity index (χ1) is 9.57. The monoisotopic (exact) mass is 352 g/mol. The van der Waals surface area contributed by atoms with Crippen LogP contribution < -0.4 is 10.5 Å². The number of sulfonamides is 1. The molecule has 0 aliphatic rings. The molecule has 0 saturated heterocycles. The Hall–Kier alpha value is -0.820. The summed E-state index contributed by atoms with van der Waals surface area (Å²) < 4.78 is 22.9. The van der Waals surface area contributed by atoms with Gasteiger partial charge in [0.25, 0.3) is 5.91 Å². The van der Waals surface area contributed by atoms with Crippen molar-refractivity contribution in [3.8, 4) is 0 Å². The van der Waals surface area contributed by atoms with Gasteiger partial charge in [0.15, 0.2) is 0 Å². The summed E-state index contributed by atoms with van der Waals surface area (Å²) in [7, 11) is -4.06. The fourth-order valence-electron chi connectivity index (χ4n) is 1.92. The van der Waals surface area contributed by atoms with E-state index < -0.39 is 15.9 Å². The molecule has 0 aliphatic heterocycles. The lowest BCUT2D eigenvalue weighted by Crippen LogP contribution is -2.38. The first-order valence-corrected chi connectivity index (χ1v) is 8.70. The Morgan fingerprint density at radius 2 is 1.90 bits per heavy atom. The number of halogens is 2. The van der Waals surface area contributed by atoms with E-state index in [-0.39, 0.29) is 32.5 Å². The quantitative estimate of drug-likeness (QED) is 0.853. The van der Waals surface area contributed by atoms with Crippen molar-refractivity contribution < 1.29 is 13.2 Å². The van der Waals surface area contributed by atoms with Gasteiger partial charge in [-0.05, 0) is 24.5 Å². The second-order valence-electron chi connectivity index (χ2n) is 5.04. The molecular weight excluding hydrogens is 335 g/mol. The minimum absolute atomic E-state index is 0.00714. The number of amides is 1. The predicted octanol–water partition coefficient (Wildman–Crippen LogP) is 2.81. The molecule has 5 nitrogen and oxygen atoms in total. The van der Waals surface area contributed by atoms with Crippen LogP contribution in [0.25, 0.3) is 0 Å². The van der Waals surface area contributed by atoms with Gasteiger partial charge in [0.1, 0.15) is 4.90 Å². The van der Waals surface area contributed by atoms with Gasteiger partial charge in [0, 0.05) is 11.1 Å². The van der Waals surface area contributed by atoms with Crippen molar-refractivity contribution in [3.05, 3.63) is 27.7 Å². The summed E-state index contributed by atoms with van der Waals surface area (Å²) in [6, 6.07) is 2.39. The number of hydrogen-bond acceptors (Lipinski definition) is 3. The molecule has 1 aromatic carbocycles. The standard InChI is InChI=1S/C13H18Cl2N2O3S/c1-4-10(7(2)3)17-13(18)9-5-8(14)6-11(12(9)15)21(16,19)20/h5-7,10H,4H2,1-3H3,(H,17,18)(H2,16,19,20). The van der Waals surface area contributed by atoms with Gasteiger partial charge in [0.2, 0.25) is 10.0 Å². The Labute approximate surface area is 134 Å². The summed E-state index contributed by atoms with van der Waals surface area (Å²) >= 11 is 11.8. The molecule has 0 radical (unpaired) electrons. The highest BCUT2D eigenvalue weighted by atomic mass is 35.5. The zero-order chi connectivity index (χ0) is 16.4. The number of nitrogens with one attached hydrogen (secondary N) is 1. The Morgan fingerprint density at radius 1 is 1.33 bits per heavy atom. The molecule has 0 aromatic heterocycles. The smallest absolute Gasteiger partial charge is 0.253 e. The molecule has 0 fully saturated rings. The predicted molar refractivity (Wildman–Crippen MR) is 84.2 cm³/mol. The third kappa shape index (κ3) is 4.57. The summed E-state index contributed by atoms with van der Waals surface area (Å²) in [6.07, 6.45) is 0.740. The number of carbonyl (C=O) groups is 1. The lowest BCUT2D eigenvalue weighted by Gasteiger charge is -2.21. The molecular formula is C13H18Cl2N2O3S. The van der Waals surface area contributed by atoms with Gasteiger partial charge in [0.05, 0.1) is 10.6 Å². The van der Waals surface area contributed by atoms with Crippen LogP contribution in [-0.2, 0) is 10.0 Å². The maximum Gasteiger partial charge on any atom is 0.253 e. The number of primary sulfonamides is 1. The van der Waals surface area contributed by atoms with Crippen molar-refractivity contribution in [1.82, 2.24) is 5.32 Å². The summed E-state index contributed by atoms with van der Waals surface area (Å²) in [4.78, 5) is 11.9. The van der Waals surface area contributed by atoms with Crippen LogP contribution in [0.5, 0.6) is 0 Å². The molecule has 0 bridgehead atoms. The van der Waals surface area contributed by atoms with Crippen LogP contribution in [0, 0.1) is 5.92 Å². The van der Waals surface area contributed by atoms with Crippen molar-refractivity contribution in [3.63, 3.8) is 0 Å². The van der Waals surface area contributed by atoms with Crippen LogP contribution in [0.15, 0.2) is 17.0 Å². The average molecular weight is 353 g/mol. The zero-order valence-corrected chi connectivity index (χ0v) is 14.3. The Morgan fingerprint density at radius 3 is 2.33 bits per heavy atom. The molecule has 1 aromatic rings. The van der Waals surface area contributed by atoms with E-state index in [1.54, 1.807) is 0 Å². The van der Waals surface area contributed by atoms with Gasteiger partial charge in [-0.25, -0.2) is 13.6 Å². The highest BCUT2D eigenvalue weighted by Gasteiger charge is 2.23. The van der Waals surface area contributed by atoms with E-state index in [1.807, 2.05) is 20.8 Å². The third-order valence-corrected chi connectivity index (χ3v) is 4.79. The summed E-state index contributed by atoms with van der Waals surface area (Å²) in [6.45, 7) is 5.90. The van der Waals surface area contributed by atoms with Crippen LogP contribution in [-0.4, -0.2) is 20.4 Å². The van der Waals surface area contributed by atoms with Crippen LogP contribution in [0.4, 0.5) is 0 Å². The summed E-state index contributed by atoms with van der Waals surface area (Å²) in [5, 5.41) is 7.73. The van der Waals surface area contributed by atoms with Crippen molar-refractivity contribution >= 4 is 39.1 Å². The van der Waals surface area contributed by atoms with Gasteiger partial charge in [-0.3, -0.25) is 4.79 Å². The average Bonchev–Trinajstić information content (AvgIpc) is 2.36. The van der Waals surface area contributed by atoms with Gasteiger partial charge in [-0.2, -0.15) is 0 Å². The molecule has 21 heavy (non-hydrogen) atoms. The lowest BCUT2D eigenvalue weighted by atomic mass is 10.0. The first-order valence-electron chi connectivity index (χ1n) is 6.40. The second kappa shape index (κ2) is 6.96. The molecule has 118 valence electrons. The van der Waals surface area contributed by atoms with E-state index in [4.69, 9.17) is 28.3 Å². The normalized spacial score (nSPS) is 13.3. The van der Waals surface area contributed by atoms with Crippen molar-refractivity contribution in [2.45, 2.75) is 38.1 Å². The number of nitrogens with two attached hydrogens (primary N) is 1. The van der Waals surface area contributed by atoms with Crippen LogP contribution in [0.1, 0.15) is 37.6 Å². The maximum atomic E-state index is 12.3. The molecule has 1 amide bonds. The fourth-order valence-corrected chi connectivity index (χ4v) is 3.37. The van der Waals surface area contributed by atoms with Gasteiger partial charge < -0.3 is 5.32 Å². The highest BCUT2D eigenvalue weighted by Crippen LogP contribution is 2.29. The van der Waals surface area contributed by atoms with Crippen LogP contribution in [0.3, 0.4) is 0 Å². The van der Waals surface area contributed by atoms with Gasteiger partial charge in [-0.15, -0.1) is 0 Å². The lowest BCUT2D eigenvalue weighted by molar-refractivity contribution is 0.0924.